The number of hydrogen-bond donors (Lipinski definition) is 1. The molecule has 3 rings (SSSR count). The van der Waals surface area contributed by atoms with E-state index in [0.29, 0.717) is 17.1 Å². The molecule has 2 aliphatic carbocycles. The Morgan fingerprint density at radius 1 is 1.26 bits per heavy atom. The van der Waals surface area contributed by atoms with Crippen molar-refractivity contribution in [3.63, 3.8) is 0 Å². The molecular weight excluding hydrogens is 237 g/mol. The van der Waals surface area contributed by atoms with Crippen LogP contribution in [0.3, 0.4) is 0 Å². The highest BCUT2D eigenvalue weighted by molar-refractivity contribution is 5.48. The Bertz CT molecular complexity index is 508. The van der Waals surface area contributed by atoms with Gasteiger partial charge in [0.15, 0.2) is 0 Å². The highest BCUT2D eigenvalue weighted by atomic mass is 19.1. The first-order valence-corrected chi connectivity index (χ1v) is 7.37. The maximum absolute atomic E-state index is 14.0. The predicted molar refractivity (Wildman–Crippen MR) is 77.8 cm³/mol. The van der Waals surface area contributed by atoms with Gasteiger partial charge in [-0.2, -0.15) is 0 Å². The third-order valence-corrected chi connectivity index (χ3v) is 6.25. The van der Waals surface area contributed by atoms with Crippen molar-refractivity contribution < 1.29 is 4.39 Å². The lowest BCUT2D eigenvalue weighted by Gasteiger charge is -2.40. The molecule has 2 aliphatic rings. The van der Waals surface area contributed by atoms with Gasteiger partial charge in [0.05, 0.1) is 5.69 Å². The Kier molecular flexibility index (Phi) is 2.71. The molecule has 0 saturated heterocycles. The summed E-state index contributed by atoms with van der Waals surface area (Å²) < 4.78 is 14.0. The van der Waals surface area contributed by atoms with Crippen LogP contribution in [0.25, 0.3) is 0 Å². The Morgan fingerprint density at radius 3 is 2.53 bits per heavy atom. The standard InChI is InChI=1S/C17H24FN/c1-11-5-6-14(13(18)9-11)19-15-10-12-7-8-17(15,4)16(12,2)3/h5-6,9,12,15,19H,7-8,10H2,1-4H3. The van der Waals surface area contributed by atoms with Gasteiger partial charge >= 0.3 is 0 Å². The molecule has 0 radical (unpaired) electrons. The molecule has 0 aromatic heterocycles. The van der Waals surface area contributed by atoms with E-state index in [2.05, 4.69) is 26.1 Å². The summed E-state index contributed by atoms with van der Waals surface area (Å²) in [6.07, 6.45) is 3.77. The first kappa shape index (κ1) is 13.0. The molecule has 3 atom stereocenters. The third kappa shape index (κ3) is 1.72. The Hall–Kier alpha value is -1.05. The second kappa shape index (κ2) is 3.97. The Balaban J connectivity index is 1.86. The van der Waals surface area contributed by atoms with Crippen LogP contribution in [0.15, 0.2) is 18.2 Å². The molecule has 104 valence electrons. The molecule has 3 unspecified atom stereocenters. The lowest BCUT2D eigenvalue weighted by Crippen LogP contribution is -2.40. The highest BCUT2D eigenvalue weighted by Gasteiger charge is 2.61. The molecule has 0 aliphatic heterocycles. The number of fused-ring (bicyclic) bond motifs is 2. The van der Waals surface area contributed by atoms with Crippen LogP contribution >= 0.6 is 0 Å². The highest BCUT2D eigenvalue weighted by Crippen LogP contribution is 2.65. The van der Waals surface area contributed by atoms with Crippen molar-refractivity contribution in [2.45, 2.75) is 53.0 Å². The van der Waals surface area contributed by atoms with Gasteiger partial charge in [-0.15, -0.1) is 0 Å². The smallest absolute Gasteiger partial charge is 0.146 e. The van der Waals surface area contributed by atoms with Gasteiger partial charge in [0, 0.05) is 6.04 Å². The molecule has 2 saturated carbocycles. The van der Waals surface area contributed by atoms with Crippen LogP contribution in [0.4, 0.5) is 10.1 Å². The van der Waals surface area contributed by atoms with E-state index < -0.39 is 0 Å². The summed E-state index contributed by atoms with van der Waals surface area (Å²) in [5.74, 6) is 0.660. The van der Waals surface area contributed by atoms with E-state index in [0.717, 1.165) is 11.5 Å². The van der Waals surface area contributed by atoms with E-state index in [1.807, 2.05) is 19.1 Å². The number of nitrogens with one attached hydrogen (secondary N) is 1. The normalized spacial score (nSPS) is 35.6. The molecular formula is C17H24FN. The van der Waals surface area contributed by atoms with Gasteiger partial charge in [0.25, 0.3) is 0 Å². The van der Waals surface area contributed by atoms with Gasteiger partial charge in [0.2, 0.25) is 0 Å². The molecule has 1 nitrogen and oxygen atoms in total. The first-order valence-electron chi connectivity index (χ1n) is 7.37. The average Bonchev–Trinajstić information content (AvgIpc) is 2.65. The van der Waals surface area contributed by atoms with Crippen LogP contribution in [0.2, 0.25) is 0 Å². The van der Waals surface area contributed by atoms with E-state index in [1.165, 1.54) is 19.3 Å². The van der Waals surface area contributed by atoms with Gasteiger partial charge in [-0.3, -0.25) is 0 Å². The fraction of sp³-hybridized carbons (Fsp3) is 0.647. The van der Waals surface area contributed by atoms with Crippen molar-refractivity contribution in [3.05, 3.63) is 29.6 Å². The fourth-order valence-electron chi connectivity index (χ4n) is 4.35. The van der Waals surface area contributed by atoms with E-state index in [1.54, 1.807) is 6.07 Å². The number of halogens is 1. The lowest BCUT2D eigenvalue weighted by molar-refractivity contribution is 0.142. The fourth-order valence-corrected chi connectivity index (χ4v) is 4.35. The average molecular weight is 261 g/mol. The van der Waals surface area contributed by atoms with Crippen LogP contribution in [0.1, 0.15) is 45.6 Å². The number of anilines is 1. The van der Waals surface area contributed by atoms with Gasteiger partial charge < -0.3 is 5.32 Å². The number of benzene rings is 1. The zero-order valence-corrected chi connectivity index (χ0v) is 12.4. The van der Waals surface area contributed by atoms with Crippen molar-refractivity contribution in [3.8, 4) is 0 Å². The van der Waals surface area contributed by atoms with Crippen LogP contribution in [-0.4, -0.2) is 6.04 Å². The van der Waals surface area contributed by atoms with Crippen molar-refractivity contribution in [1.82, 2.24) is 0 Å². The molecule has 1 aromatic rings. The first-order chi connectivity index (χ1) is 8.84. The van der Waals surface area contributed by atoms with Crippen molar-refractivity contribution in [2.24, 2.45) is 16.7 Å². The zero-order valence-electron chi connectivity index (χ0n) is 12.4. The quantitative estimate of drug-likeness (QED) is 0.809. The summed E-state index contributed by atoms with van der Waals surface area (Å²) in [5, 5.41) is 3.49. The van der Waals surface area contributed by atoms with Crippen LogP contribution in [-0.2, 0) is 0 Å². The number of aryl methyl sites for hydroxylation is 1. The Labute approximate surface area is 115 Å². The minimum Gasteiger partial charge on any atom is -0.379 e. The minimum absolute atomic E-state index is 0.121. The summed E-state index contributed by atoms with van der Waals surface area (Å²) in [5.41, 5.74) is 2.30. The van der Waals surface area contributed by atoms with Crippen molar-refractivity contribution in [2.75, 3.05) is 5.32 Å². The topological polar surface area (TPSA) is 12.0 Å². The number of rotatable bonds is 2. The molecule has 1 aromatic carbocycles. The summed E-state index contributed by atoms with van der Waals surface area (Å²) in [6.45, 7) is 9.08. The molecule has 0 heterocycles. The zero-order chi connectivity index (χ0) is 13.8. The van der Waals surface area contributed by atoms with Gasteiger partial charge in [-0.05, 0) is 60.6 Å². The molecule has 2 bridgehead atoms. The van der Waals surface area contributed by atoms with E-state index in [4.69, 9.17) is 0 Å². The van der Waals surface area contributed by atoms with Crippen LogP contribution in [0, 0.1) is 29.5 Å². The van der Waals surface area contributed by atoms with Crippen molar-refractivity contribution in [1.29, 1.82) is 0 Å². The van der Waals surface area contributed by atoms with Gasteiger partial charge in [0.1, 0.15) is 5.82 Å². The van der Waals surface area contributed by atoms with Gasteiger partial charge in [-0.25, -0.2) is 4.39 Å². The molecule has 2 fully saturated rings. The van der Waals surface area contributed by atoms with E-state index in [9.17, 15) is 4.39 Å². The lowest BCUT2D eigenvalue weighted by atomic mass is 9.69. The van der Waals surface area contributed by atoms with Crippen LogP contribution in [0.5, 0.6) is 0 Å². The summed E-state index contributed by atoms with van der Waals surface area (Å²) in [4.78, 5) is 0. The van der Waals surface area contributed by atoms with E-state index >= 15 is 0 Å². The SMILES string of the molecule is Cc1ccc(NC2CC3CCC2(C)C3(C)C)c(F)c1. The second-order valence-corrected chi connectivity index (χ2v) is 7.29. The third-order valence-electron chi connectivity index (χ3n) is 6.25. The molecule has 0 amide bonds. The largest absolute Gasteiger partial charge is 0.379 e. The molecule has 2 heteroatoms. The Morgan fingerprint density at radius 2 is 2.00 bits per heavy atom. The van der Waals surface area contributed by atoms with E-state index in [-0.39, 0.29) is 11.2 Å². The summed E-state index contributed by atoms with van der Waals surface area (Å²) in [7, 11) is 0. The summed E-state index contributed by atoms with van der Waals surface area (Å²) in [6, 6.07) is 5.88. The maximum atomic E-state index is 14.0. The second-order valence-electron chi connectivity index (χ2n) is 7.29. The van der Waals surface area contributed by atoms with Crippen LogP contribution < -0.4 is 5.32 Å². The molecule has 1 N–H and O–H groups in total. The number of hydrogen-bond acceptors (Lipinski definition) is 1. The molecule has 0 spiro atoms. The maximum Gasteiger partial charge on any atom is 0.146 e. The van der Waals surface area contributed by atoms with Gasteiger partial charge in [-0.1, -0.05) is 26.8 Å². The monoisotopic (exact) mass is 261 g/mol. The summed E-state index contributed by atoms with van der Waals surface area (Å²) >= 11 is 0. The minimum atomic E-state index is -0.121. The molecule has 19 heavy (non-hydrogen) atoms. The van der Waals surface area contributed by atoms with Crippen molar-refractivity contribution >= 4 is 5.69 Å². The predicted octanol–water partition coefficient (Wildman–Crippen LogP) is 4.76.